The number of carbonyl (C=O) groups excluding carboxylic acids is 1. The summed E-state index contributed by atoms with van der Waals surface area (Å²) >= 11 is 0. The number of imidazole rings is 1. The van der Waals surface area contributed by atoms with Gasteiger partial charge in [0.15, 0.2) is 11.6 Å². The van der Waals surface area contributed by atoms with Gasteiger partial charge < -0.3 is 4.98 Å². The third-order valence-electron chi connectivity index (χ3n) is 4.20. The zero-order valence-corrected chi connectivity index (χ0v) is 15.2. The molecule has 2 aromatic heterocycles. The van der Waals surface area contributed by atoms with Crippen molar-refractivity contribution >= 4 is 17.5 Å². The average Bonchev–Trinajstić information content (AvgIpc) is 3.31. The molecular formula is C17H11F8N5O. The first-order chi connectivity index (χ1) is 14.3. The zero-order valence-electron chi connectivity index (χ0n) is 15.2. The number of aryl methyl sites for hydroxylation is 1. The quantitative estimate of drug-likeness (QED) is 0.540. The summed E-state index contributed by atoms with van der Waals surface area (Å²) in [5.41, 5.74) is -4.83. The van der Waals surface area contributed by atoms with E-state index in [1.54, 1.807) is 0 Å². The molecule has 6 nitrogen and oxygen atoms in total. The van der Waals surface area contributed by atoms with Crippen LogP contribution in [0, 0.1) is 6.92 Å². The first-order valence-electron chi connectivity index (χ1n) is 8.26. The number of nitrogens with zero attached hydrogens (tertiary/aromatic N) is 3. The molecule has 0 aliphatic rings. The van der Waals surface area contributed by atoms with Gasteiger partial charge >= 0.3 is 18.3 Å². The van der Waals surface area contributed by atoms with Crippen molar-refractivity contribution in [3.8, 4) is 0 Å². The van der Waals surface area contributed by atoms with E-state index in [-0.39, 0.29) is 10.5 Å². The monoisotopic (exact) mass is 453 g/mol. The number of H-pyrrole nitrogens is 2. The van der Waals surface area contributed by atoms with E-state index >= 15 is 0 Å². The van der Waals surface area contributed by atoms with Crippen LogP contribution in [-0.2, 0) is 12.1 Å². The minimum absolute atomic E-state index is 0.147. The predicted molar refractivity (Wildman–Crippen MR) is 89.8 cm³/mol. The largest absolute Gasteiger partial charge is 0.459 e. The molecule has 0 radical (unpaired) electrons. The van der Waals surface area contributed by atoms with Crippen molar-refractivity contribution in [2.75, 3.05) is 4.90 Å². The molecule has 1 amide bonds. The van der Waals surface area contributed by atoms with Crippen LogP contribution in [0.25, 0.3) is 0 Å². The topological polar surface area (TPSA) is 77.7 Å². The third-order valence-corrected chi connectivity index (χ3v) is 4.20. The molecule has 0 aliphatic carbocycles. The molecule has 2 N–H and O–H groups in total. The Morgan fingerprint density at radius 2 is 1.68 bits per heavy atom. The summed E-state index contributed by atoms with van der Waals surface area (Å²) in [6.07, 6.45) is -10.2. The lowest BCUT2D eigenvalue weighted by Crippen LogP contribution is -2.36. The maximum Gasteiger partial charge on any atom is 0.459 e. The summed E-state index contributed by atoms with van der Waals surface area (Å²) in [4.78, 5) is 19.2. The summed E-state index contributed by atoms with van der Waals surface area (Å²) < 4.78 is 107. The summed E-state index contributed by atoms with van der Waals surface area (Å²) in [5, 5.41) is 4.14. The maximum atomic E-state index is 13.8. The van der Waals surface area contributed by atoms with Crippen molar-refractivity contribution in [1.29, 1.82) is 0 Å². The first-order valence-corrected chi connectivity index (χ1v) is 8.26. The van der Waals surface area contributed by atoms with E-state index in [1.807, 2.05) is 0 Å². The Bertz CT molecular complexity index is 1080. The first kappa shape index (κ1) is 22.2. The molecule has 3 aromatic rings. The van der Waals surface area contributed by atoms with Gasteiger partial charge in [-0.25, -0.2) is 9.88 Å². The number of anilines is 2. The van der Waals surface area contributed by atoms with Crippen LogP contribution in [0.15, 0.2) is 36.8 Å². The fourth-order valence-corrected chi connectivity index (χ4v) is 2.75. The van der Waals surface area contributed by atoms with Crippen molar-refractivity contribution < 1.29 is 39.9 Å². The van der Waals surface area contributed by atoms with Crippen molar-refractivity contribution in [2.24, 2.45) is 0 Å². The highest BCUT2D eigenvalue weighted by Crippen LogP contribution is 2.50. The normalized spacial score (nSPS) is 12.8. The highest BCUT2D eigenvalue weighted by Gasteiger charge is 2.63. The molecule has 166 valence electrons. The van der Waals surface area contributed by atoms with Crippen LogP contribution in [0.2, 0.25) is 0 Å². The number of rotatable bonds is 4. The van der Waals surface area contributed by atoms with Crippen molar-refractivity contribution in [2.45, 2.75) is 25.2 Å². The Morgan fingerprint density at radius 3 is 2.19 bits per heavy atom. The van der Waals surface area contributed by atoms with Crippen LogP contribution in [-0.4, -0.2) is 32.2 Å². The van der Waals surface area contributed by atoms with Gasteiger partial charge in [0, 0.05) is 11.8 Å². The summed E-state index contributed by atoms with van der Waals surface area (Å²) in [5.74, 6) is -9.12. The highest BCUT2D eigenvalue weighted by molar-refractivity contribution is 6.11. The van der Waals surface area contributed by atoms with E-state index < -0.39 is 47.1 Å². The number of amides is 1. The van der Waals surface area contributed by atoms with Gasteiger partial charge in [-0.3, -0.25) is 9.89 Å². The SMILES string of the molecule is Cc1ccccc1C(=O)N(c1c[nH]cn1)c1n[nH]c(C(F)(F)C(F)(F)F)c1C(F)(F)F. The van der Waals surface area contributed by atoms with E-state index in [0.29, 0.717) is 5.56 Å². The Balaban J connectivity index is 2.29. The van der Waals surface area contributed by atoms with Gasteiger partial charge in [0.1, 0.15) is 11.3 Å². The molecule has 3 rings (SSSR count). The van der Waals surface area contributed by atoms with Gasteiger partial charge in [-0.2, -0.15) is 40.2 Å². The number of alkyl halides is 8. The van der Waals surface area contributed by atoms with E-state index in [4.69, 9.17) is 0 Å². The van der Waals surface area contributed by atoms with Crippen LogP contribution in [0.5, 0.6) is 0 Å². The molecule has 0 unspecified atom stereocenters. The Labute approximate surface area is 167 Å². The van der Waals surface area contributed by atoms with Crippen LogP contribution in [0.4, 0.5) is 46.8 Å². The van der Waals surface area contributed by atoms with Crippen LogP contribution in [0.3, 0.4) is 0 Å². The minimum atomic E-state index is -6.35. The van der Waals surface area contributed by atoms with Crippen molar-refractivity contribution in [3.05, 3.63) is 59.2 Å². The maximum absolute atomic E-state index is 13.8. The van der Waals surface area contributed by atoms with Crippen molar-refractivity contribution in [3.63, 3.8) is 0 Å². The van der Waals surface area contributed by atoms with Gasteiger partial charge in [-0.15, -0.1) is 0 Å². The van der Waals surface area contributed by atoms with Gasteiger partial charge in [0.05, 0.1) is 6.33 Å². The van der Waals surface area contributed by atoms with Crippen LogP contribution in [0.1, 0.15) is 27.2 Å². The van der Waals surface area contributed by atoms with E-state index in [2.05, 4.69) is 15.1 Å². The average molecular weight is 453 g/mol. The van der Waals surface area contributed by atoms with Crippen molar-refractivity contribution in [1.82, 2.24) is 20.2 Å². The number of hydrogen-bond donors (Lipinski definition) is 2. The van der Waals surface area contributed by atoms with Gasteiger partial charge in [0.25, 0.3) is 5.91 Å². The smallest absolute Gasteiger partial charge is 0.349 e. The Kier molecular flexibility index (Phi) is 5.28. The number of benzene rings is 1. The fourth-order valence-electron chi connectivity index (χ4n) is 2.75. The second-order valence-corrected chi connectivity index (χ2v) is 6.25. The zero-order chi connectivity index (χ0) is 23.2. The van der Waals surface area contributed by atoms with Gasteiger partial charge in [0.2, 0.25) is 0 Å². The Morgan fingerprint density at radius 1 is 1.03 bits per heavy atom. The number of nitrogens with one attached hydrogen (secondary N) is 2. The summed E-state index contributed by atoms with van der Waals surface area (Å²) in [7, 11) is 0. The molecule has 31 heavy (non-hydrogen) atoms. The fraction of sp³-hybridized carbons (Fsp3) is 0.235. The van der Waals surface area contributed by atoms with Crippen LogP contribution < -0.4 is 4.90 Å². The Hall–Kier alpha value is -3.45. The number of halogens is 8. The second-order valence-electron chi connectivity index (χ2n) is 6.25. The number of aromatic nitrogens is 4. The van der Waals surface area contributed by atoms with Gasteiger partial charge in [-0.05, 0) is 18.6 Å². The lowest BCUT2D eigenvalue weighted by atomic mass is 10.1. The molecule has 14 heteroatoms. The molecule has 0 atom stereocenters. The molecule has 0 fully saturated rings. The molecule has 2 heterocycles. The van der Waals surface area contributed by atoms with Crippen LogP contribution >= 0.6 is 0 Å². The highest BCUT2D eigenvalue weighted by atomic mass is 19.4. The molecule has 0 spiro atoms. The van der Waals surface area contributed by atoms with Gasteiger partial charge in [-0.1, -0.05) is 18.2 Å². The molecule has 1 aromatic carbocycles. The summed E-state index contributed by atoms with van der Waals surface area (Å²) in [6, 6.07) is 5.61. The minimum Gasteiger partial charge on any atom is -0.349 e. The number of hydrogen-bond acceptors (Lipinski definition) is 3. The standard InChI is InChI=1S/C17H11F8N5O/c1-8-4-2-3-5-9(8)14(31)30(10-6-26-7-27-10)13-11(16(20,21)22)12(28-29-13)15(18,19)17(23,24)25/h2-7H,1H3,(H,26,27)(H,28,29). The third kappa shape index (κ3) is 3.84. The second kappa shape index (κ2) is 7.35. The molecular weight excluding hydrogens is 442 g/mol. The number of aromatic amines is 2. The molecule has 0 aliphatic heterocycles. The molecule has 0 saturated carbocycles. The van der Waals surface area contributed by atoms with E-state index in [9.17, 15) is 39.9 Å². The summed E-state index contributed by atoms with van der Waals surface area (Å²) in [6.45, 7) is 1.45. The molecule has 0 bridgehead atoms. The van der Waals surface area contributed by atoms with E-state index in [0.717, 1.165) is 17.6 Å². The molecule has 0 saturated heterocycles. The lowest BCUT2D eigenvalue weighted by Gasteiger charge is -2.23. The predicted octanol–water partition coefficient (Wildman–Crippen LogP) is 5.09. The number of carbonyl (C=O) groups is 1. The lowest BCUT2D eigenvalue weighted by molar-refractivity contribution is -0.292. The van der Waals surface area contributed by atoms with E-state index in [1.165, 1.54) is 31.2 Å².